The molecule has 140 valence electrons. The highest BCUT2D eigenvalue weighted by molar-refractivity contribution is 5.85. The van der Waals surface area contributed by atoms with Crippen molar-refractivity contribution in [3.8, 4) is 0 Å². The van der Waals surface area contributed by atoms with Crippen LogP contribution in [0.3, 0.4) is 0 Å². The number of ether oxygens (including phenoxy) is 1. The van der Waals surface area contributed by atoms with E-state index in [2.05, 4.69) is 0 Å². The van der Waals surface area contributed by atoms with Crippen molar-refractivity contribution in [2.45, 2.75) is 39.0 Å². The normalized spacial score (nSPS) is 18.4. The number of rotatable bonds is 3. The molecule has 6 nitrogen and oxygen atoms in total. The maximum absolute atomic E-state index is 13.3. The van der Waals surface area contributed by atoms with Gasteiger partial charge in [0.25, 0.3) is 0 Å². The molecule has 25 heavy (non-hydrogen) atoms. The predicted molar refractivity (Wildman–Crippen MR) is 93.3 cm³/mol. The average molecular weight is 375 g/mol. The highest BCUT2D eigenvalue weighted by Gasteiger charge is 2.37. The molecule has 1 aliphatic rings. The van der Waals surface area contributed by atoms with Crippen LogP contribution in [0.5, 0.6) is 0 Å². The summed E-state index contributed by atoms with van der Waals surface area (Å²) in [6.45, 7) is 6.57. The van der Waals surface area contributed by atoms with E-state index in [0.29, 0.717) is 13.1 Å². The fraction of sp³-hybridized carbons (Fsp3) is 0.529. The third-order valence-corrected chi connectivity index (χ3v) is 3.67. The second-order valence-electron chi connectivity index (χ2n) is 6.89. The number of amides is 1. The van der Waals surface area contributed by atoms with E-state index in [9.17, 15) is 19.1 Å². The number of carboxylic acid groups (broad SMARTS) is 1. The smallest absolute Gasteiger partial charge is 0.411 e. The molecule has 1 aromatic carbocycles. The number of carbonyl (C=O) groups excluding carboxylic acids is 1. The van der Waals surface area contributed by atoms with E-state index < -0.39 is 23.7 Å². The molecule has 0 aliphatic carbocycles. The van der Waals surface area contributed by atoms with Crippen molar-refractivity contribution in [3.63, 3.8) is 0 Å². The van der Waals surface area contributed by atoms with Crippen LogP contribution in [0.2, 0.25) is 0 Å². The van der Waals surface area contributed by atoms with Crippen LogP contribution in [-0.2, 0) is 16.1 Å². The minimum Gasteiger partial charge on any atom is -0.480 e. The zero-order valence-corrected chi connectivity index (χ0v) is 15.4. The summed E-state index contributed by atoms with van der Waals surface area (Å²) < 4.78 is 18.6. The molecule has 1 N–H and O–H groups in total. The molecule has 8 heteroatoms. The summed E-state index contributed by atoms with van der Waals surface area (Å²) in [5.41, 5.74) is 0.0867. The minimum absolute atomic E-state index is 0. The van der Waals surface area contributed by atoms with E-state index in [1.165, 1.54) is 17.0 Å². The van der Waals surface area contributed by atoms with Crippen LogP contribution in [0, 0.1) is 5.82 Å². The Morgan fingerprint density at radius 2 is 2.00 bits per heavy atom. The first-order valence-corrected chi connectivity index (χ1v) is 7.85. The van der Waals surface area contributed by atoms with E-state index in [1.807, 2.05) is 4.90 Å². The first-order chi connectivity index (χ1) is 11.2. The van der Waals surface area contributed by atoms with Crippen molar-refractivity contribution < 1.29 is 23.8 Å². The highest BCUT2D eigenvalue weighted by atomic mass is 35.5. The Balaban J connectivity index is 0.00000312. The summed E-state index contributed by atoms with van der Waals surface area (Å²) in [7, 11) is 0. The van der Waals surface area contributed by atoms with Crippen LogP contribution in [0.25, 0.3) is 0 Å². The van der Waals surface area contributed by atoms with Crippen molar-refractivity contribution in [2.75, 3.05) is 19.6 Å². The summed E-state index contributed by atoms with van der Waals surface area (Å²) in [6, 6.07) is 5.22. The Kier molecular flexibility index (Phi) is 7.19. The number of benzene rings is 1. The van der Waals surface area contributed by atoms with Gasteiger partial charge in [0.15, 0.2) is 0 Å². The molecule has 1 aromatic rings. The molecule has 0 spiro atoms. The second kappa shape index (κ2) is 8.49. The number of carboxylic acids is 1. The van der Waals surface area contributed by atoms with Crippen LogP contribution in [-0.4, -0.2) is 58.2 Å². The molecule has 1 unspecified atom stereocenters. The summed E-state index contributed by atoms with van der Waals surface area (Å²) in [4.78, 5) is 26.9. The standard InChI is InChI=1S/C17H23FN2O4.ClH/c1-17(2,3)24-16(23)20-8-7-19(11-14(20)15(21)22)10-12-5-4-6-13(18)9-12;/h4-6,9,14H,7-8,10-11H2,1-3H3,(H,21,22);1H. The molecule has 1 fully saturated rings. The van der Waals surface area contributed by atoms with Crippen molar-refractivity contribution in [1.29, 1.82) is 0 Å². The topological polar surface area (TPSA) is 70.1 Å². The number of hydrogen-bond donors (Lipinski definition) is 1. The quantitative estimate of drug-likeness (QED) is 0.880. The first-order valence-electron chi connectivity index (χ1n) is 7.85. The van der Waals surface area contributed by atoms with Crippen molar-refractivity contribution in [2.24, 2.45) is 0 Å². The van der Waals surface area contributed by atoms with Crippen LogP contribution in [0.15, 0.2) is 24.3 Å². The summed E-state index contributed by atoms with van der Waals surface area (Å²) >= 11 is 0. The molecule has 0 saturated carbocycles. The maximum atomic E-state index is 13.3. The molecule has 0 bridgehead atoms. The number of hydrogen-bond acceptors (Lipinski definition) is 4. The van der Waals surface area contributed by atoms with Gasteiger partial charge in [0.2, 0.25) is 0 Å². The van der Waals surface area contributed by atoms with Crippen LogP contribution in [0.4, 0.5) is 9.18 Å². The van der Waals surface area contributed by atoms with Gasteiger partial charge in [-0.05, 0) is 38.5 Å². The molecule has 1 aliphatic heterocycles. The predicted octanol–water partition coefficient (Wildman–Crippen LogP) is 2.75. The van der Waals surface area contributed by atoms with Gasteiger partial charge in [-0.1, -0.05) is 12.1 Å². The minimum atomic E-state index is -1.08. The number of aliphatic carboxylic acids is 1. The van der Waals surface area contributed by atoms with E-state index in [0.717, 1.165) is 5.56 Å². The first kappa shape index (κ1) is 21.2. The Hall–Kier alpha value is -1.86. The third-order valence-electron chi connectivity index (χ3n) is 3.67. The Morgan fingerprint density at radius 1 is 1.32 bits per heavy atom. The summed E-state index contributed by atoms with van der Waals surface area (Å²) in [6.07, 6.45) is -0.625. The zero-order valence-electron chi connectivity index (χ0n) is 14.6. The van der Waals surface area contributed by atoms with Gasteiger partial charge in [0.05, 0.1) is 0 Å². The fourth-order valence-corrected chi connectivity index (χ4v) is 2.63. The maximum Gasteiger partial charge on any atom is 0.411 e. The van der Waals surface area contributed by atoms with Crippen molar-refractivity contribution in [3.05, 3.63) is 35.6 Å². The molecule has 1 saturated heterocycles. The molecule has 1 atom stereocenters. The Labute approximate surface area is 153 Å². The van der Waals surface area contributed by atoms with Gasteiger partial charge in [-0.25, -0.2) is 14.0 Å². The van der Waals surface area contributed by atoms with Gasteiger partial charge in [-0.3, -0.25) is 9.80 Å². The third kappa shape index (κ3) is 6.17. The molecular weight excluding hydrogens is 351 g/mol. The lowest BCUT2D eigenvalue weighted by molar-refractivity contribution is -0.145. The zero-order chi connectivity index (χ0) is 17.9. The number of carbonyl (C=O) groups is 2. The lowest BCUT2D eigenvalue weighted by Gasteiger charge is -2.39. The van der Waals surface area contributed by atoms with Crippen molar-refractivity contribution >= 4 is 24.5 Å². The van der Waals surface area contributed by atoms with Crippen LogP contribution >= 0.6 is 12.4 Å². The number of piperazine rings is 1. The molecule has 2 rings (SSSR count). The monoisotopic (exact) mass is 374 g/mol. The van der Waals surface area contributed by atoms with Crippen LogP contribution < -0.4 is 0 Å². The largest absolute Gasteiger partial charge is 0.480 e. The lowest BCUT2D eigenvalue weighted by atomic mass is 10.1. The van der Waals surface area contributed by atoms with E-state index >= 15 is 0 Å². The molecule has 1 amide bonds. The fourth-order valence-electron chi connectivity index (χ4n) is 2.63. The molecule has 0 radical (unpaired) electrons. The van der Waals surface area contributed by atoms with Gasteiger partial charge in [-0.2, -0.15) is 0 Å². The average Bonchev–Trinajstić information content (AvgIpc) is 2.45. The van der Waals surface area contributed by atoms with Gasteiger partial charge in [0, 0.05) is 26.2 Å². The van der Waals surface area contributed by atoms with Gasteiger partial charge >= 0.3 is 12.1 Å². The summed E-state index contributed by atoms with van der Waals surface area (Å²) in [5, 5.41) is 9.45. The van der Waals surface area contributed by atoms with Gasteiger partial charge in [-0.15, -0.1) is 12.4 Å². The molecular formula is C17H24ClFN2O4. The SMILES string of the molecule is CC(C)(C)OC(=O)N1CCN(Cc2cccc(F)c2)CC1C(=O)O.Cl. The Bertz CT molecular complexity index is 621. The molecule has 1 heterocycles. The van der Waals surface area contributed by atoms with Crippen LogP contribution in [0.1, 0.15) is 26.3 Å². The second-order valence-corrected chi connectivity index (χ2v) is 6.89. The highest BCUT2D eigenvalue weighted by Crippen LogP contribution is 2.18. The lowest BCUT2D eigenvalue weighted by Crippen LogP contribution is -2.58. The van der Waals surface area contributed by atoms with Gasteiger partial charge < -0.3 is 9.84 Å². The Morgan fingerprint density at radius 3 is 2.56 bits per heavy atom. The van der Waals surface area contributed by atoms with Crippen molar-refractivity contribution in [1.82, 2.24) is 9.80 Å². The van der Waals surface area contributed by atoms with E-state index in [1.54, 1.807) is 32.9 Å². The number of halogens is 2. The van der Waals surface area contributed by atoms with E-state index in [4.69, 9.17) is 4.74 Å². The van der Waals surface area contributed by atoms with E-state index in [-0.39, 0.29) is 31.3 Å². The summed E-state index contributed by atoms with van der Waals surface area (Å²) in [5.74, 6) is -1.40. The number of nitrogens with zero attached hydrogens (tertiary/aromatic N) is 2. The molecule has 0 aromatic heterocycles. The van der Waals surface area contributed by atoms with Gasteiger partial charge in [0.1, 0.15) is 17.5 Å².